The van der Waals surface area contributed by atoms with Crippen molar-refractivity contribution in [2.75, 3.05) is 13.1 Å². The van der Waals surface area contributed by atoms with E-state index in [1.54, 1.807) is 0 Å². The van der Waals surface area contributed by atoms with Gasteiger partial charge >= 0.3 is 0 Å². The number of aliphatic hydroxyl groups excluding tert-OH is 1. The largest absolute Gasteiger partial charge is 0.393 e. The zero-order valence-electron chi connectivity index (χ0n) is 9.33. The summed E-state index contributed by atoms with van der Waals surface area (Å²) in [5.41, 5.74) is 0. The summed E-state index contributed by atoms with van der Waals surface area (Å²) in [7, 11) is 0. The summed E-state index contributed by atoms with van der Waals surface area (Å²) >= 11 is 0. The van der Waals surface area contributed by atoms with Crippen LogP contribution in [0.2, 0.25) is 0 Å². The molecule has 0 aromatic carbocycles. The fraction of sp³-hybridized carbons (Fsp3) is 1.00. The fourth-order valence-corrected chi connectivity index (χ4v) is 1.77. The molecular weight excluding hydrogens is 178 g/mol. The second-order valence-corrected chi connectivity index (χ2v) is 4.20. The van der Waals surface area contributed by atoms with E-state index in [9.17, 15) is 5.11 Å². The summed E-state index contributed by atoms with van der Waals surface area (Å²) < 4.78 is 5.67. The van der Waals surface area contributed by atoms with Crippen LogP contribution >= 0.6 is 0 Å². The van der Waals surface area contributed by atoms with Crippen molar-refractivity contribution < 1.29 is 9.84 Å². The molecule has 0 amide bonds. The third-order valence-corrected chi connectivity index (χ3v) is 2.82. The van der Waals surface area contributed by atoms with Crippen LogP contribution in [0, 0.1) is 0 Å². The number of nitrogens with one attached hydrogen (secondary N) is 1. The zero-order chi connectivity index (χ0) is 10.4. The van der Waals surface area contributed by atoms with Crippen LogP contribution in [0.1, 0.15) is 39.5 Å². The van der Waals surface area contributed by atoms with Gasteiger partial charge in [-0.05, 0) is 39.2 Å². The summed E-state index contributed by atoms with van der Waals surface area (Å²) in [6.45, 7) is 5.96. The number of rotatable bonds is 6. The highest BCUT2D eigenvalue weighted by molar-refractivity contribution is 4.72. The van der Waals surface area contributed by atoms with Crippen LogP contribution in [0.3, 0.4) is 0 Å². The van der Waals surface area contributed by atoms with Crippen LogP contribution in [0.5, 0.6) is 0 Å². The molecular formula is C11H23NO2. The minimum Gasteiger partial charge on any atom is -0.393 e. The summed E-state index contributed by atoms with van der Waals surface area (Å²) in [5.74, 6) is 0. The van der Waals surface area contributed by atoms with Gasteiger partial charge in [-0.25, -0.2) is 0 Å². The molecule has 1 fully saturated rings. The molecule has 0 saturated carbocycles. The molecule has 0 bridgehead atoms. The summed E-state index contributed by atoms with van der Waals surface area (Å²) in [5, 5.41) is 12.6. The van der Waals surface area contributed by atoms with Crippen LogP contribution in [-0.4, -0.2) is 36.5 Å². The van der Waals surface area contributed by atoms with Gasteiger partial charge in [-0.15, -0.1) is 0 Å². The molecule has 0 spiro atoms. The highest BCUT2D eigenvalue weighted by Gasteiger charge is 2.20. The van der Waals surface area contributed by atoms with Crippen molar-refractivity contribution in [3.63, 3.8) is 0 Å². The Morgan fingerprint density at radius 1 is 1.50 bits per heavy atom. The van der Waals surface area contributed by atoms with Gasteiger partial charge in [0.15, 0.2) is 0 Å². The molecule has 3 heteroatoms. The van der Waals surface area contributed by atoms with Crippen LogP contribution in [-0.2, 0) is 4.74 Å². The molecule has 1 aliphatic heterocycles. The van der Waals surface area contributed by atoms with Crippen molar-refractivity contribution in [1.29, 1.82) is 0 Å². The molecule has 1 saturated heterocycles. The SMILES string of the molecule is CCC(O)CCNCC1CCC(C)O1. The quantitative estimate of drug-likeness (QED) is 0.637. The lowest BCUT2D eigenvalue weighted by Crippen LogP contribution is -2.29. The Hall–Kier alpha value is -0.120. The molecule has 0 radical (unpaired) electrons. The monoisotopic (exact) mass is 201 g/mol. The third kappa shape index (κ3) is 4.40. The van der Waals surface area contributed by atoms with E-state index in [0.29, 0.717) is 12.2 Å². The van der Waals surface area contributed by atoms with Crippen molar-refractivity contribution in [1.82, 2.24) is 5.32 Å². The van der Waals surface area contributed by atoms with Crippen molar-refractivity contribution in [2.24, 2.45) is 0 Å². The predicted octanol–water partition coefficient (Wildman–Crippen LogP) is 1.30. The van der Waals surface area contributed by atoms with Crippen molar-refractivity contribution in [3.05, 3.63) is 0 Å². The molecule has 1 heterocycles. The second-order valence-electron chi connectivity index (χ2n) is 4.20. The van der Waals surface area contributed by atoms with E-state index in [-0.39, 0.29) is 6.10 Å². The molecule has 14 heavy (non-hydrogen) atoms. The zero-order valence-corrected chi connectivity index (χ0v) is 9.33. The first-order chi connectivity index (χ1) is 6.72. The van der Waals surface area contributed by atoms with E-state index in [1.807, 2.05) is 6.92 Å². The molecule has 1 rings (SSSR count). The Morgan fingerprint density at radius 2 is 2.29 bits per heavy atom. The van der Waals surface area contributed by atoms with Crippen LogP contribution in [0.25, 0.3) is 0 Å². The van der Waals surface area contributed by atoms with E-state index < -0.39 is 0 Å². The van der Waals surface area contributed by atoms with Crippen molar-refractivity contribution >= 4 is 0 Å². The van der Waals surface area contributed by atoms with Gasteiger partial charge < -0.3 is 15.2 Å². The molecule has 3 nitrogen and oxygen atoms in total. The highest BCUT2D eigenvalue weighted by Crippen LogP contribution is 2.17. The van der Waals surface area contributed by atoms with Crippen molar-refractivity contribution in [2.45, 2.75) is 57.8 Å². The molecule has 3 unspecified atom stereocenters. The Balaban J connectivity index is 1.94. The lowest BCUT2D eigenvalue weighted by molar-refractivity contribution is 0.0553. The maximum absolute atomic E-state index is 9.32. The summed E-state index contributed by atoms with van der Waals surface area (Å²) in [6.07, 6.45) is 4.73. The molecule has 0 aliphatic carbocycles. The van der Waals surface area contributed by atoms with Gasteiger partial charge in [0.2, 0.25) is 0 Å². The average molecular weight is 201 g/mol. The molecule has 1 aliphatic rings. The Kier molecular flexibility index (Phi) is 5.45. The number of hydrogen-bond acceptors (Lipinski definition) is 3. The number of ether oxygens (including phenoxy) is 1. The van der Waals surface area contributed by atoms with E-state index in [4.69, 9.17) is 4.74 Å². The third-order valence-electron chi connectivity index (χ3n) is 2.82. The first kappa shape index (κ1) is 12.0. The van der Waals surface area contributed by atoms with E-state index in [1.165, 1.54) is 12.8 Å². The van der Waals surface area contributed by atoms with Gasteiger partial charge in [-0.1, -0.05) is 6.92 Å². The molecule has 3 atom stereocenters. The van der Waals surface area contributed by atoms with Crippen LogP contribution in [0.15, 0.2) is 0 Å². The number of aliphatic hydroxyl groups is 1. The topological polar surface area (TPSA) is 41.5 Å². The molecule has 0 aromatic heterocycles. The maximum atomic E-state index is 9.32. The minimum atomic E-state index is -0.147. The van der Waals surface area contributed by atoms with Crippen molar-refractivity contribution in [3.8, 4) is 0 Å². The lowest BCUT2D eigenvalue weighted by atomic mass is 10.2. The van der Waals surface area contributed by atoms with Gasteiger partial charge in [0, 0.05) is 6.54 Å². The minimum absolute atomic E-state index is 0.147. The average Bonchev–Trinajstić information content (AvgIpc) is 2.58. The smallest absolute Gasteiger partial charge is 0.0704 e. The fourth-order valence-electron chi connectivity index (χ4n) is 1.77. The van der Waals surface area contributed by atoms with Gasteiger partial charge in [-0.3, -0.25) is 0 Å². The van der Waals surface area contributed by atoms with Gasteiger partial charge in [0.25, 0.3) is 0 Å². The second kappa shape index (κ2) is 6.38. The molecule has 84 valence electrons. The lowest BCUT2D eigenvalue weighted by Gasteiger charge is -2.13. The predicted molar refractivity (Wildman–Crippen MR) is 57.4 cm³/mol. The standard InChI is InChI=1S/C11H23NO2/c1-3-10(13)6-7-12-8-11-5-4-9(2)14-11/h9-13H,3-8H2,1-2H3. The Labute approximate surface area is 86.8 Å². The van der Waals surface area contributed by atoms with Crippen LogP contribution < -0.4 is 5.32 Å². The number of hydrogen-bond donors (Lipinski definition) is 2. The molecule has 0 aromatic rings. The van der Waals surface area contributed by atoms with Crippen LogP contribution in [0.4, 0.5) is 0 Å². The Bertz CT molecular complexity index is 152. The highest BCUT2D eigenvalue weighted by atomic mass is 16.5. The van der Waals surface area contributed by atoms with E-state index in [0.717, 1.165) is 25.9 Å². The normalized spacial score (nSPS) is 29.4. The first-order valence-electron chi connectivity index (χ1n) is 5.76. The summed E-state index contributed by atoms with van der Waals surface area (Å²) in [6, 6.07) is 0. The van der Waals surface area contributed by atoms with E-state index >= 15 is 0 Å². The summed E-state index contributed by atoms with van der Waals surface area (Å²) in [4.78, 5) is 0. The Morgan fingerprint density at radius 3 is 2.86 bits per heavy atom. The van der Waals surface area contributed by atoms with Gasteiger partial charge in [0.1, 0.15) is 0 Å². The van der Waals surface area contributed by atoms with Gasteiger partial charge in [0.05, 0.1) is 18.3 Å². The van der Waals surface area contributed by atoms with E-state index in [2.05, 4.69) is 12.2 Å². The molecule has 2 N–H and O–H groups in total. The first-order valence-corrected chi connectivity index (χ1v) is 5.76. The maximum Gasteiger partial charge on any atom is 0.0704 e. The van der Waals surface area contributed by atoms with Gasteiger partial charge in [-0.2, -0.15) is 0 Å².